The fourth-order valence-electron chi connectivity index (χ4n) is 1.14. The van der Waals surface area contributed by atoms with Crippen molar-refractivity contribution < 1.29 is 0 Å². The maximum absolute atomic E-state index is 5.97. The van der Waals surface area contributed by atoms with E-state index in [4.69, 9.17) is 11.6 Å². The zero-order valence-corrected chi connectivity index (χ0v) is 8.70. The highest BCUT2D eigenvalue weighted by atomic mass is 35.5. The van der Waals surface area contributed by atoms with E-state index < -0.39 is 0 Å². The summed E-state index contributed by atoms with van der Waals surface area (Å²) >= 11 is 5.97. The Kier molecular flexibility index (Phi) is 3.02. The maximum atomic E-state index is 5.97. The van der Waals surface area contributed by atoms with Crippen LogP contribution < -0.4 is 0 Å². The number of halogens is 1. The Hall–Kier alpha value is -1.78. The second-order valence-corrected chi connectivity index (χ2v) is 3.38. The molecule has 0 aliphatic heterocycles. The van der Waals surface area contributed by atoms with Gasteiger partial charge >= 0.3 is 0 Å². The molecule has 1 heterocycles. The van der Waals surface area contributed by atoms with Gasteiger partial charge in [0.25, 0.3) is 0 Å². The van der Waals surface area contributed by atoms with Crippen molar-refractivity contribution in [3.63, 3.8) is 0 Å². The van der Waals surface area contributed by atoms with Crippen molar-refractivity contribution >= 4 is 11.6 Å². The summed E-state index contributed by atoms with van der Waals surface area (Å²) < 4.78 is 0. The highest BCUT2D eigenvalue weighted by Crippen LogP contribution is 2.13. The van der Waals surface area contributed by atoms with E-state index in [0.717, 1.165) is 11.1 Å². The van der Waals surface area contributed by atoms with E-state index in [2.05, 4.69) is 16.8 Å². The van der Waals surface area contributed by atoms with Crippen LogP contribution in [0.4, 0.5) is 0 Å². The molecule has 0 spiro atoms. The summed E-state index contributed by atoms with van der Waals surface area (Å²) in [5.41, 5.74) is 1.72. The molecule has 72 valence electrons. The first-order chi connectivity index (χ1) is 7.36. The Morgan fingerprint density at radius 1 is 1.00 bits per heavy atom. The molecule has 0 bridgehead atoms. The van der Waals surface area contributed by atoms with Crippen LogP contribution in [0.3, 0.4) is 0 Å². The number of benzene rings is 1. The quantitative estimate of drug-likeness (QED) is 0.613. The lowest BCUT2D eigenvalue weighted by atomic mass is 10.2. The van der Waals surface area contributed by atoms with Crippen molar-refractivity contribution in [3.05, 3.63) is 64.9 Å². The molecular weight excluding hydrogens is 206 g/mol. The highest BCUT2D eigenvalue weighted by Gasteiger charge is 1.92. The average Bonchev–Trinajstić information content (AvgIpc) is 2.29. The standard InChI is InChI=1S/C13H8ClN/c14-13-6-2-1-5-12(13)8-7-11-4-3-9-15-10-11/h1-6,9-10H. The van der Waals surface area contributed by atoms with Gasteiger partial charge in [0.05, 0.1) is 5.02 Å². The summed E-state index contributed by atoms with van der Waals surface area (Å²) in [6, 6.07) is 11.3. The molecule has 1 aromatic carbocycles. The van der Waals surface area contributed by atoms with Gasteiger partial charge in [-0.2, -0.15) is 0 Å². The van der Waals surface area contributed by atoms with Gasteiger partial charge in [-0.3, -0.25) is 4.98 Å². The van der Waals surface area contributed by atoms with Gasteiger partial charge in [0.15, 0.2) is 0 Å². The van der Waals surface area contributed by atoms with Crippen LogP contribution in [-0.2, 0) is 0 Å². The third kappa shape index (κ3) is 2.59. The number of pyridine rings is 1. The van der Waals surface area contributed by atoms with E-state index in [1.165, 1.54) is 0 Å². The van der Waals surface area contributed by atoms with Gasteiger partial charge in [-0.25, -0.2) is 0 Å². The molecular formula is C13H8ClN. The molecule has 0 unspecified atom stereocenters. The van der Waals surface area contributed by atoms with Gasteiger partial charge < -0.3 is 0 Å². The molecule has 2 rings (SSSR count). The van der Waals surface area contributed by atoms with E-state index in [1.54, 1.807) is 12.4 Å². The monoisotopic (exact) mass is 213 g/mol. The minimum atomic E-state index is 0.675. The molecule has 0 saturated heterocycles. The number of rotatable bonds is 0. The first-order valence-electron chi connectivity index (χ1n) is 4.53. The summed E-state index contributed by atoms with van der Waals surface area (Å²) in [5, 5.41) is 0.675. The first kappa shape index (κ1) is 9.76. The number of aromatic nitrogens is 1. The van der Waals surface area contributed by atoms with Gasteiger partial charge in [0.1, 0.15) is 0 Å². The average molecular weight is 214 g/mol. The zero-order valence-electron chi connectivity index (χ0n) is 7.94. The molecule has 15 heavy (non-hydrogen) atoms. The third-order valence-corrected chi connectivity index (χ3v) is 2.21. The molecule has 0 radical (unpaired) electrons. The van der Waals surface area contributed by atoms with Gasteiger partial charge in [0.2, 0.25) is 0 Å². The summed E-state index contributed by atoms with van der Waals surface area (Å²) in [6.07, 6.45) is 3.45. The smallest absolute Gasteiger partial charge is 0.0562 e. The maximum Gasteiger partial charge on any atom is 0.0562 e. The minimum absolute atomic E-state index is 0.675. The summed E-state index contributed by atoms with van der Waals surface area (Å²) in [6.45, 7) is 0. The lowest BCUT2D eigenvalue weighted by Gasteiger charge is -1.92. The molecule has 2 aromatic rings. The van der Waals surface area contributed by atoms with Crippen LogP contribution in [-0.4, -0.2) is 4.98 Å². The molecule has 2 heteroatoms. The third-order valence-electron chi connectivity index (χ3n) is 1.88. The van der Waals surface area contributed by atoms with Gasteiger partial charge in [-0.05, 0) is 24.3 Å². The van der Waals surface area contributed by atoms with Crippen molar-refractivity contribution in [1.29, 1.82) is 0 Å². The van der Waals surface area contributed by atoms with Crippen LogP contribution in [0.5, 0.6) is 0 Å². The van der Waals surface area contributed by atoms with Gasteiger partial charge in [-0.15, -0.1) is 0 Å². The van der Waals surface area contributed by atoms with Crippen LogP contribution in [0.15, 0.2) is 48.8 Å². The Morgan fingerprint density at radius 2 is 1.87 bits per heavy atom. The lowest BCUT2D eigenvalue weighted by Crippen LogP contribution is -1.78. The number of hydrogen-bond acceptors (Lipinski definition) is 1. The lowest BCUT2D eigenvalue weighted by molar-refractivity contribution is 1.31. The van der Waals surface area contributed by atoms with Crippen LogP contribution in [0.25, 0.3) is 0 Å². The Labute approximate surface area is 93.7 Å². The van der Waals surface area contributed by atoms with E-state index in [9.17, 15) is 0 Å². The predicted octanol–water partition coefficient (Wildman–Crippen LogP) is 3.13. The number of nitrogens with zero attached hydrogens (tertiary/aromatic N) is 1. The molecule has 0 fully saturated rings. The summed E-state index contributed by atoms with van der Waals surface area (Å²) in [5.74, 6) is 6.01. The molecule has 0 saturated carbocycles. The first-order valence-corrected chi connectivity index (χ1v) is 4.90. The largest absolute Gasteiger partial charge is 0.263 e. The van der Waals surface area contributed by atoms with Crippen molar-refractivity contribution in [1.82, 2.24) is 4.98 Å². The van der Waals surface area contributed by atoms with Gasteiger partial charge in [0, 0.05) is 23.5 Å². The second-order valence-electron chi connectivity index (χ2n) is 2.97. The fraction of sp³-hybridized carbons (Fsp3) is 0. The minimum Gasteiger partial charge on any atom is -0.263 e. The summed E-state index contributed by atoms with van der Waals surface area (Å²) in [7, 11) is 0. The second kappa shape index (κ2) is 4.63. The molecule has 0 N–H and O–H groups in total. The topological polar surface area (TPSA) is 12.9 Å². The van der Waals surface area contributed by atoms with Crippen LogP contribution in [0, 0.1) is 11.8 Å². The van der Waals surface area contributed by atoms with Crippen molar-refractivity contribution in [2.45, 2.75) is 0 Å². The normalized spacial score (nSPS) is 9.13. The van der Waals surface area contributed by atoms with Crippen LogP contribution in [0.1, 0.15) is 11.1 Å². The van der Waals surface area contributed by atoms with Crippen molar-refractivity contribution in [3.8, 4) is 11.8 Å². The Morgan fingerprint density at radius 3 is 2.60 bits per heavy atom. The fourth-order valence-corrected chi connectivity index (χ4v) is 1.32. The number of hydrogen-bond donors (Lipinski definition) is 0. The van der Waals surface area contributed by atoms with Crippen molar-refractivity contribution in [2.24, 2.45) is 0 Å². The van der Waals surface area contributed by atoms with E-state index >= 15 is 0 Å². The van der Waals surface area contributed by atoms with Crippen LogP contribution in [0.2, 0.25) is 5.02 Å². The molecule has 0 aliphatic carbocycles. The SMILES string of the molecule is Clc1ccccc1C#Cc1cccnc1. The van der Waals surface area contributed by atoms with Crippen molar-refractivity contribution in [2.75, 3.05) is 0 Å². The predicted molar refractivity (Wildman–Crippen MR) is 61.7 cm³/mol. The molecule has 0 amide bonds. The molecule has 0 atom stereocenters. The zero-order chi connectivity index (χ0) is 10.5. The highest BCUT2D eigenvalue weighted by molar-refractivity contribution is 6.31. The molecule has 0 aliphatic rings. The Balaban J connectivity index is 2.31. The molecule has 1 aromatic heterocycles. The van der Waals surface area contributed by atoms with E-state index in [-0.39, 0.29) is 0 Å². The Bertz CT molecular complexity index is 509. The van der Waals surface area contributed by atoms with E-state index in [0.29, 0.717) is 5.02 Å². The van der Waals surface area contributed by atoms with Crippen LogP contribution >= 0.6 is 11.6 Å². The molecule has 1 nitrogen and oxygen atoms in total. The van der Waals surface area contributed by atoms with Gasteiger partial charge in [-0.1, -0.05) is 35.6 Å². The summed E-state index contributed by atoms with van der Waals surface area (Å²) in [4.78, 5) is 3.98. The van der Waals surface area contributed by atoms with E-state index in [1.807, 2.05) is 36.4 Å².